The zero-order valence-electron chi connectivity index (χ0n) is 8.48. The lowest BCUT2D eigenvalue weighted by Crippen LogP contribution is -2.27. The molecule has 0 radical (unpaired) electrons. The summed E-state index contributed by atoms with van der Waals surface area (Å²) in [6, 6.07) is 1.91. The molecule has 0 unspecified atom stereocenters. The van der Waals surface area contributed by atoms with E-state index in [4.69, 9.17) is 11.1 Å². The highest BCUT2D eigenvalue weighted by Crippen LogP contribution is 1.90. The fourth-order valence-corrected chi connectivity index (χ4v) is 1.13. The summed E-state index contributed by atoms with van der Waals surface area (Å²) in [5, 5.41) is 11.2. The minimum atomic E-state index is 0.246. The molecule has 0 atom stereocenters. The maximum atomic E-state index is 7.09. The first-order valence-corrected chi connectivity index (χ1v) is 4.67. The van der Waals surface area contributed by atoms with Gasteiger partial charge in [-0.3, -0.25) is 10.1 Å². The van der Waals surface area contributed by atoms with Crippen LogP contribution in [0.3, 0.4) is 0 Å². The predicted molar refractivity (Wildman–Crippen MR) is 56.3 cm³/mol. The number of nitrogens with zero attached hydrogens (tertiary/aromatic N) is 3. The van der Waals surface area contributed by atoms with E-state index in [0.29, 0.717) is 6.42 Å². The van der Waals surface area contributed by atoms with Gasteiger partial charge in [0.2, 0.25) is 0 Å². The summed E-state index contributed by atoms with van der Waals surface area (Å²) >= 11 is 0. The molecule has 0 aliphatic carbocycles. The van der Waals surface area contributed by atoms with E-state index >= 15 is 0 Å². The second kappa shape index (κ2) is 5.39. The molecule has 5 heteroatoms. The second-order valence-corrected chi connectivity index (χ2v) is 3.35. The molecule has 0 spiro atoms. The number of rotatable bonds is 6. The standard InChI is InChI=1S/C9H17N5/c1-13(6-3-9(10)11)7-8-14-5-2-4-12-14/h2,4-5H,3,6-8H2,1H3,(H3,10,11). The van der Waals surface area contributed by atoms with Crippen LogP contribution >= 0.6 is 0 Å². The Bertz CT molecular complexity index is 267. The van der Waals surface area contributed by atoms with Crippen LogP contribution in [0.4, 0.5) is 0 Å². The Kier molecular flexibility index (Phi) is 4.12. The molecule has 0 amide bonds. The van der Waals surface area contributed by atoms with Crippen LogP contribution in [0, 0.1) is 5.41 Å². The highest BCUT2D eigenvalue weighted by molar-refractivity contribution is 5.76. The third-order valence-electron chi connectivity index (χ3n) is 2.03. The Balaban J connectivity index is 2.15. The van der Waals surface area contributed by atoms with Gasteiger partial charge in [-0.15, -0.1) is 0 Å². The molecule has 0 saturated carbocycles. The van der Waals surface area contributed by atoms with Gasteiger partial charge in [0.25, 0.3) is 0 Å². The topological polar surface area (TPSA) is 70.9 Å². The van der Waals surface area contributed by atoms with Gasteiger partial charge in [-0.2, -0.15) is 5.10 Å². The van der Waals surface area contributed by atoms with E-state index in [1.807, 2.05) is 24.0 Å². The monoisotopic (exact) mass is 195 g/mol. The number of aromatic nitrogens is 2. The van der Waals surface area contributed by atoms with Gasteiger partial charge >= 0.3 is 0 Å². The lowest BCUT2D eigenvalue weighted by Gasteiger charge is -2.15. The van der Waals surface area contributed by atoms with Crippen molar-refractivity contribution < 1.29 is 0 Å². The Morgan fingerprint density at radius 3 is 2.93 bits per heavy atom. The van der Waals surface area contributed by atoms with Crippen LogP contribution < -0.4 is 5.73 Å². The predicted octanol–water partition coefficient (Wildman–Crippen LogP) is 0.141. The van der Waals surface area contributed by atoms with Gasteiger partial charge in [0.1, 0.15) is 0 Å². The summed E-state index contributed by atoms with van der Waals surface area (Å²) < 4.78 is 1.89. The quantitative estimate of drug-likeness (QED) is 0.501. The first-order chi connectivity index (χ1) is 6.68. The molecule has 0 aliphatic rings. The molecule has 1 rings (SSSR count). The average molecular weight is 195 g/mol. The summed E-state index contributed by atoms with van der Waals surface area (Å²) in [6.07, 6.45) is 4.35. The van der Waals surface area contributed by atoms with Crippen LogP contribution in [0.15, 0.2) is 18.5 Å². The SMILES string of the molecule is CN(CCC(=N)N)CCn1cccn1. The molecular formula is C9H17N5. The van der Waals surface area contributed by atoms with E-state index in [-0.39, 0.29) is 5.84 Å². The fourth-order valence-electron chi connectivity index (χ4n) is 1.13. The highest BCUT2D eigenvalue weighted by Gasteiger charge is 1.99. The summed E-state index contributed by atoms with van der Waals surface area (Å²) in [7, 11) is 2.02. The molecule has 3 N–H and O–H groups in total. The van der Waals surface area contributed by atoms with Crippen molar-refractivity contribution in [1.82, 2.24) is 14.7 Å². The van der Waals surface area contributed by atoms with Crippen LogP contribution in [-0.4, -0.2) is 40.7 Å². The van der Waals surface area contributed by atoms with Crippen LogP contribution in [0.5, 0.6) is 0 Å². The summed E-state index contributed by atoms with van der Waals surface area (Å²) in [5.41, 5.74) is 5.27. The summed E-state index contributed by atoms with van der Waals surface area (Å²) in [4.78, 5) is 2.14. The van der Waals surface area contributed by atoms with Crippen LogP contribution in [0.1, 0.15) is 6.42 Å². The molecule has 1 heterocycles. The molecule has 1 aromatic rings. The minimum absolute atomic E-state index is 0.246. The van der Waals surface area contributed by atoms with E-state index in [1.54, 1.807) is 6.20 Å². The average Bonchev–Trinajstić information content (AvgIpc) is 2.63. The molecule has 78 valence electrons. The summed E-state index contributed by atoms with van der Waals surface area (Å²) in [6.45, 7) is 2.63. The van der Waals surface area contributed by atoms with Crippen molar-refractivity contribution in [3.8, 4) is 0 Å². The number of hydrogen-bond donors (Lipinski definition) is 2. The third kappa shape index (κ3) is 4.04. The van der Waals surface area contributed by atoms with Crippen molar-refractivity contribution >= 4 is 5.84 Å². The molecular weight excluding hydrogens is 178 g/mol. The maximum Gasteiger partial charge on any atom is 0.0918 e. The van der Waals surface area contributed by atoms with Crippen molar-refractivity contribution in [2.24, 2.45) is 5.73 Å². The van der Waals surface area contributed by atoms with Gasteiger partial charge in [-0.25, -0.2) is 0 Å². The number of nitrogens with two attached hydrogens (primary N) is 1. The van der Waals surface area contributed by atoms with E-state index in [1.165, 1.54) is 0 Å². The Morgan fingerprint density at radius 1 is 1.57 bits per heavy atom. The normalized spacial score (nSPS) is 10.7. The van der Waals surface area contributed by atoms with Gasteiger partial charge in [0.05, 0.1) is 12.4 Å². The maximum absolute atomic E-state index is 7.09. The van der Waals surface area contributed by atoms with Crippen LogP contribution in [0.25, 0.3) is 0 Å². The van der Waals surface area contributed by atoms with Gasteiger partial charge < -0.3 is 10.6 Å². The molecule has 0 aliphatic heterocycles. The van der Waals surface area contributed by atoms with Crippen molar-refractivity contribution in [3.05, 3.63) is 18.5 Å². The van der Waals surface area contributed by atoms with Crippen molar-refractivity contribution in [3.63, 3.8) is 0 Å². The molecule has 1 aromatic heterocycles. The van der Waals surface area contributed by atoms with Gasteiger partial charge in [-0.05, 0) is 13.1 Å². The van der Waals surface area contributed by atoms with Gasteiger partial charge in [0, 0.05) is 31.9 Å². The van der Waals surface area contributed by atoms with Gasteiger partial charge in [0.15, 0.2) is 0 Å². The third-order valence-corrected chi connectivity index (χ3v) is 2.03. The number of hydrogen-bond acceptors (Lipinski definition) is 3. The second-order valence-electron chi connectivity index (χ2n) is 3.35. The first-order valence-electron chi connectivity index (χ1n) is 4.67. The molecule has 0 saturated heterocycles. The fraction of sp³-hybridized carbons (Fsp3) is 0.556. The van der Waals surface area contributed by atoms with Gasteiger partial charge in [-0.1, -0.05) is 0 Å². The zero-order valence-corrected chi connectivity index (χ0v) is 8.48. The van der Waals surface area contributed by atoms with Crippen molar-refractivity contribution in [2.75, 3.05) is 20.1 Å². The van der Waals surface area contributed by atoms with Crippen molar-refractivity contribution in [1.29, 1.82) is 5.41 Å². The Hall–Kier alpha value is -1.36. The number of nitrogens with one attached hydrogen (secondary N) is 1. The molecule has 0 fully saturated rings. The van der Waals surface area contributed by atoms with E-state index < -0.39 is 0 Å². The van der Waals surface area contributed by atoms with E-state index in [2.05, 4.69) is 10.00 Å². The van der Waals surface area contributed by atoms with E-state index in [0.717, 1.165) is 19.6 Å². The first kappa shape index (κ1) is 10.7. The Labute approximate surface area is 84.0 Å². The largest absolute Gasteiger partial charge is 0.388 e. The molecule has 0 aromatic carbocycles. The molecule has 14 heavy (non-hydrogen) atoms. The van der Waals surface area contributed by atoms with Crippen LogP contribution in [0.2, 0.25) is 0 Å². The lowest BCUT2D eigenvalue weighted by atomic mass is 10.3. The summed E-state index contributed by atoms with van der Waals surface area (Å²) in [5.74, 6) is 0.246. The zero-order chi connectivity index (χ0) is 10.4. The molecule has 5 nitrogen and oxygen atoms in total. The highest BCUT2D eigenvalue weighted by atomic mass is 15.3. The minimum Gasteiger partial charge on any atom is -0.388 e. The lowest BCUT2D eigenvalue weighted by molar-refractivity contribution is 0.320. The Morgan fingerprint density at radius 2 is 2.36 bits per heavy atom. The van der Waals surface area contributed by atoms with Crippen molar-refractivity contribution in [2.45, 2.75) is 13.0 Å². The number of likely N-dealkylation sites (N-methyl/N-ethyl adjacent to an activating group) is 1. The smallest absolute Gasteiger partial charge is 0.0918 e. The van der Waals surface area contributed by atoms with E-state index in [9.17, 15) is 0 Å². The molecule has 0 bridgehead atoms. The van der Waals surface area contributed by atoms with Crippen LogP contribution in [-0.2, 0) is 6.54 Å². The number of amidine groups is 1.